The van der Waals surface area contributed by atoms with Gasteiger partial charge in [0.05, 0.1) is 23.9 Å². The number of benzene rings is 1. The molecule has 0 amide bonds. The summed E-state index contributed by atoms with van der Waals surface area (Å²) in [6.45, 7) is 1.16. The van der Waals surface area contributed by atoms with Gasteiger partial charge in [-0.1, -0.05) is 0 Å². The standard InChI is InChI=1S/C14H19NO4S/c1-15-11-4-2-7-20(16,17)14-9-13-12(8-10(11)14)18-5-3-6-19-13/h8-9,11,15H,2-7H2,1H3. The lowest BCUT2D eigenvalue weighted by Crippen LogP contribution is -2.17. The molecule has 1 N–H and O–H groups in total. The molecule has 1 unspecified atom stereocenters. The number of hydrogen-bond acceptors (Lipinski definition) is 5. The third-order valence-electron chi connectivity index (χ3n) is 3.84. The Morgan fingerprint density at radius 3 is 2.55 bits per heavy atom. The minimum absolute atomic E-state index is 0.0411. The van der Waals surface area contributed by atoms with Crippen LogP contribution in [-0.4, -0.2) is 34.4 Å². The van der Waals surface area contributed by atoms with E-state index in [0.29, 0.717) is 36.0 Å². The second-order valence-corrected chi connectivity index (χ2v) is 7.27. The Hall–Kier alpha value is -1.27. The van der Waals surface area contributed by atoms with Gasteiger partial charge >= 0.3 is 0 Å². The molecule has 0 saturated carbocycles. The van der Waals surface area contributed by atoms with Crippen LogP contribution in [0.1, 0.15) is 30.9 Å². The quantitative estimate of drug-likeness (QED) is 0.854. The van der Waals surface area contributed by atoms with E-state index in [0.717, 1.165) is 18.4 Å². The molecule has 20 heavy (non-hydrogen) atoms. The highest BCUT2D eigenvalue weighted by molar-refractivity contribution is 7.91. The zero-order chi connectivity index (χ0) is 14.2. The van der Waals surface area contributed by atoms with E-state index in [4.69, 9.17) is 9.47 Å². The normalized spacial score (nSPS) is 24.4. The van der Waals surface area contributed by atoms with Gasteiger partial charge in [-0.05, 0) is 31.5 Å². The van der Waals surface area contributed by atoms with Crippen molar-refractivity contribution in [3.05, 3.63) is 17.7 Å². The van der Waals surface area contributed by atoms with Crippen LogP contribution in [0, 0.1) is 0 Å². The van der Waals surface area contributed by atoms with E-state index < -0.39 is 9.84 Å². The molecule has 110 valence electrons. The summed E-state index contributed by atoms with van der Waals surface area (Å²) < 4.78 is 36.1. The van der Waals surface area contributed by atoms with Gasteiger partial charge in [-0.2, -0.15) is 0 Å². The highest BCUT2D eigenvalue weighted by atomic mass is 32.2. The van der Waals surface area contributed by atoms with Gasteiger partial charge in [0.1, 0.15) is 0 Å². The molecule has 0 aromatic heterocycles. The molecule has 6 heteroatoms. The molecule has 0 saturated heterocycles. The lowest BCUT2D eigenvalue weighted by Gasteiger charge is -2.18. The first-order valence-corrected chi connectivity index (χ1v) is 8.60. The van der Waals surface area contributed by atoms with Crippen molar-refractivity contribution in [2.75, 3.05) is 26.0 Å². The molecular formula is C14H19NO4S. The first kappa shape index (κ1) is 13.7. The Balaban J connectivity index is 2.18. The third-order valence-corrected chi connectivity index (χ3v) is 5.69. The molecule has 2 aliphatic rings. The molecule has 0 bridgehead atoms. The first-order valence-electron chi connectivity index (χ1n) is 6.95. The van der Waals surface area contributed by atoms with E-state index >= 15 is 0 Å². The van der Waals surface area contributed by atoms with E-state index in [1.54, 1.807) is 6.07 Å². The fraction of sp³-hybridized carbons (Fsp3) is 0.571. The van der Waals surface area contributed by atoms with Crippen LogP contribution in [0.2, 0.25) is 0 Å². The number of nitrogens with one attached hydrogen (secondary N) is 1. The summed E-state index contributed by atoms with van der Waals surface area (Å²) in [5, 5.41) is 3.20. The van der Waals surface area contributed by atoms with Crippen LogP contribution in [0.25, 0.3) is 0 Å². The summed E-state index contributed by atoms with van der Waals surface area (Å²) in [5.74, 6) is 1.39. The Kier molecular flexibility index (Phi) is 3.60. The van der Waals surface area contributed by atoms with Gasteiger partial charge in [-0.3, -0.25) is 0 Å². The van der Waals surface area contributed by atoms with Gasteiger partial charge in [0.25, 0.3) is 0 Å². The molecule has 2 aliphatic heterocycles. The summed E-state index contributed by atoms with van der Waals surface area (Å²) in [5.41, 5.74) is 0.800. The summed E-state index contributed by atoms with van der Waals surface area (Å²) in [7, 11) is -1.39. The second kappa shape index (κ2) is 5.26. The van der Waals surface area contributed by atoms with E-state index in [1.165, 1.54) is 0 Å². The Bertz CT molecular complexity index is 612. The fourth-order valence-corrected chi connectivity index (χ4v) is 4.40. The van der Waals surface area contributed by atoms with Crippen molar-refractivity contribution in [3.8, 4) is 11.5 Å². The maximum Gasteiger partial charge on any atom is 0.178 e. The van der Waals surface area contributed by atoms with E-state index in [1.807, 2.05) is 13.1 Å². The molecule has 1 aromatic rings. The Morgan fingerprint density at radius 2 is 1.85 bits per heavy atom. The van der Waals surface area contributed by atoms with Crippen molar-refractivity contribution in [1.82, 2.24) is 5.32 Å². The summed E-state index contributed by atoms with van der Waals surface area (Å²) in [6.07, 6.45) is 2.28. The lowest BCUT2D eigenvalue weighted by atomic mass is 10.0. The summed E-state index contributed by atoms with van der Waals surface area (Å²) in [4.78, 5) is 0.388. The molecule has 0 aliphatic carbocycles. The van der Waals surface area contributed by atoms with Crippen LogP contribution in [0.4, 0.5) is 0 Å². The lowest BCUT2D eigenvalue weighted by molar-refractivity contribution is 0.296. The average Bonchev–Trinajstić information content (AvgIpc) is 2.72. The predicted molar refractivity (Wildman–Crippen MR) is 75.1 cm³/mol. The monoisotopic (exact) mass is 297 g/mol. The predicted octanol–water partition coefficient (Wildman–Crippen LogP) is 1.68. The van der Waals surface area contributed by atoms with Crippen molar-refractivity contribution in [2.24, 2.45) is 0 Å². The number of rotatable bonds is 1. The van der Waals surface area contributed by atoms with Crippen molar-refractivity contribution in [3.63, 3.8) is 0 Å². The van der Waals surface area contributed by atoms with Crippen LogP contribution in [-0.2, 0) is 9.84 Å². The zero-order valence-corrected chi connectivity index (χ0v) is 12.3. The third kappa shape index (κ3) is 2.38. The summed E-state index contributed by atoms with van der Waals surface area (Å²) >= 11 is 0. The number of hydrogen-bond donors (Lipinski definition) is 1. The molecule has 2 heterocycles. The minimum Gasteiger partial charge on any atom is -0.490 e. The maximum absolute atomic E-state index is 12.4. The highest BCUT2D eigenvalue weighted by Crippen LogP contribution is 2.40. The molecule has 0 spiro atoms. The van der Waals surface area contributed by atoms with Crippen molar-refractivity contribution in [1.29, 1.82) is 0 Å². The second-order valence-electron chi connectivity index (χ2n) is 5.19. The molecule has 0 fully saturated rings. The molecule has 1 atom stereocenters. The zero-order valence-electron chi connectivity index (χ0n) is 11.5. The van der Waals surface area contributed by atoms with Gasteiger partial charge in [0, 0.05) is 18.5 Å². The van der Waals surface area contributed by atoms with Crippen LogP contribution in [0.3, 0.4) is 0 Å². The number of ether oxygens (including phenoxy) is 2. The molecular weight excluding hydrogens is 278 g/mol. The first-order chi connectivity index (χ1) is 9.62. The highest BCUT2D eigenvalue weighted by Gasteiger charge is 2.29. The molecule has 0 radical (unpaired) electrons. The fourth-order valence-electron chi connectivity index (χ4n) is 2.79. The Morgan fingerprint density at radius 1 is 1.15 bits per heavy atom. The van der Waals surface area contributed by atoms with Crippen molar-refractivity contribution in [2.45, 2.75) is 30.2 Å². The van der Waals surface area contributed by atoms with Gasteiger partial charge in [0.2, 0.25) is 0 Å². The van der Waals surface area contributed by atoms with E-state index in [2.05, 4.69) is 5.32 Å². The van der Waals surface area contributed by atoms with Crippen LogP contribution in [0.5, 0.6) is 11.5 Å². The average molecular weight is 297 g/mol. The molecule has 1 aromatic carbocycles. The largest absolute Gasteiger partial charge is 0.490 e. The van der Waals surface area contributed by atoms with E-state index in [-0.39, 0.29) is 11.8 Å². The molecule has 5 nitrogen and oxygen atoms in total. The van der Waals surface area contributed by atoms with Crippen LogP contribution < -0.4 is 14.8 Å². The van der Waals surface area contributed by atoms with Crippen LogP contribution in [0.15, 0.2) is 17.0 Å². The van der Waals surface area contributed by atoms with Crippen LogP contribution >= 0.6 is 0 Å². The van der Waals surface area contributed by atoms with Gasteiger partial charge in [-0.25, -0.2) is 8.42 Å². The summed E-state index contributed by atoms with van der Waals surface area (Å²) in [6, 6.07) is 3.51. The van der Waals surface area contributed by atoms with Gasteiger partial charge in [-0.15, -0.1) is 0 Å². The van der Waals surface area contributed by atoms with Crippen molar-refractivity contribution < 1.29 is 17.9 Å². The number of fused-ring (bicyclic) bond motifs is 2. The SMILES string of the molecule is CNC1CCCS(=O)(=O)c2cc3c(cc21)OCCCO3. The maximum atomic E-state index is 12.4. The van der Waals surface area contributed by atoms with Gasteiger partial charge < -0.3 is 14.8 Å². The van der Waals surface area contributed by atoms with E-state index in [9.17, 15) is 8.42 Å². The van der Waals surface area contributed by atoms with Crippen molar-refractivity contribution >= 4 is 9.84 Å². The smallest absolute Gasteiger partial charge is 0.178 e. The topological polar surface area (TPSA) is 64.6 Å². The van der Waals surface area contributed by atoms with Gasteiger partial charge in [0.15, 0.2) is 21.3 Å². The molecule has 3 rings (SSSR count). The number of sulfone groups is 1. The minimum atomic E-state index is -3.24. The Labute approximate surface area is 119 Å².